The van der Waals surface area contributed by atoms with Gasteiger partial charge in [0.05, 0.1) is 20.8 Å². The van der Waals surface area contributed by atoms with Crippen LogP contribution in [-0.4, -0.2) is 91.9 Å². The molecule has 0 aliphatic rings. The monoisotopic (exact) mass is 1110 g/mol. The molecule has 0 aromatic heterocycles. The number of hydrogen-bond donors (Lipinski definition) is 0. The molecule has 6 rings (SSSR count). The highest BCUT2D eigenvalue weighted by atomic mass is 19.5. The predicted octanol–water partition coefficient (Wildman–Crippen LogP) is 17.2. The Labute approximate surface area is 440 Å². The zero-order chi connectivity index (χ0) is 59.7. The second-order valence-electron chi connectivity index (χ2n) is 14.8. The van der Waals surface area contributed by atoms with Crippen molar-refractivity contribution in [2.75, 3.05) is 62.3 Å². The topological polar surface area (TPSA) is 105 Å². The van der Waals surface area contributed by atoms with E-state index in [9.17, 15) is 76.3 Å². The third-order valence-corrected chi connectivity index (χ3v) is 9.53. The summed E-state index contributed by atoms with van der Waals surface area (Å²) >= 11 is 0. The maximum atomic E-state index is 11.2. The average molecular weight is 1110 g/mol. The fraction of sp³-hybridized carbons (Fsp3) is 0.321. The summed E-state index contributed by atoms with van der Waals surface area (Å²) in [6, 6.07) is 37.6. The van der Waals surface area contributed by atoms with Gasteiger partial charge in [0.25, 0.3) is 0 Å². The van der Waals surface area contributed by atoms with Crippen LogP contribution >= 0.6 is 0 Å². The molecule has 0 fully saturated rings. The summed E-state index contributed by atoms with van der Waals surface area (Å²) in [5.41, 5.74) is 7.63. The standard InChI is InChI=1S/C18H22O2.C16H14O3.C14H12O2.C3H7FO.CF4.4CH2F2/c1-12-10-15(6-8-17(12)19-4)14(3)16-7-9-18(20-5)13(2)11-16;1-11(17)13-3-7-15(8-4-13)19-16-9-5-14(6-10-16)12(2)18;1-9(15)11-3-5-14-8-12(10(2)16)4-6-13(14)7-11;1-5-3-2-4;2-1(3,4)5;4*2-1-3/h6-11,14H,1-5H3;3-10H,1-2H3;3-8H,1-2H3;2-3H2,1H3;;4*1H2. The van der Waals surface area contributed by atoms with E-state index in [4.69, 9.17) is 14.2 Å². The fourth-order valence-corrected chi connectivity index (χ4v) is 5.95. The number of benzene rings is 6. The highest BCUT2D eigenvalue weighted by molar-refractivity contribution is 6.01. The number of fused-ring (bicyclic) bond motifs is 1. The summed E-state index contributed by atoms with van der Waals surface area (Å²) in [6.45, 7) is 5.37. The molecule has 0 spiro atoms. The lowest BCUT2D eigenvalue weighted by Gasteiger charge is -2.16. The molecule has 0 N–H and O–H groups in total. The Hall–Kier alpha value is -7.29. The van der Waals surface area contributed by atoms with E-state index < -0.39 is 34.1 Å². The number of rotatable bonds is 12. The molecule has 6 aromatic rings. The van der Waals surface area contributed by atoms with Crippen molar-refractivity contribution < 1.29 is 95.2 Å². The zero-order valence-electron chi connectivity index (χ0n) is 44.0. The normalized spacial score (nSPS) is 9.66. The lowest BCUT2D eigenvalue weighted by atomic mass is 9.91. The highest BCUT2D eigenvalue weighted by Crippen LogP contribution is 2.31. The van der Waals surface area contributed by atoms with Gasteiger partial charge in [0.2, 0.25) is 27.7 Å². The van der Waals surface area contributed by atoms with Crippen molar-refractivity contribution in [1.82, 2.24) is 0 Å². The number of alkyl halides is 13. The predicted molar refractivity (Wildman–Crippen MR) is 273 cm³/mol. The highest BCUT2D eigenvalue weighted by Gasteiger charge is 2.24. The first-order chi connectivity index (χ1) is 36.3. The van der Waals surface area contributed by atoms with Gasteiger partial charge in [0, 0.05) is 35.3 Å². The number of aryl methyl sites for hydroxylation is 2. The molecule has 0 saturated carbocycles. The minimum atomic E-state index is -5.50. The summed E-state index contributed by atoms with van der Waals surface area (Å²) < 4.78 is 147. The molecule has 0 bridgehead atoms. The second-order valence-corrected chi connectivity index (χ2v) is 14.8. The molecule has 0 heterocycles. The first kappa shape index (κ1) is 74.0. The molecule has 77 heavy (non-hydrogen) atoms. The van der Waals surface area contributed by atoms with Gasteiger partial charge in [-0.25, -0.2) is 39.5 Å². The van der Waals surface area contributed by atoms with Crippen molar-refractivity contribution in [2.24, 2.45) is 0 Å². The van der Waals surface area contributed by atoms with Gasteiger partial charge in [0.1, 0.15) is 29.7 Å². The number of halogens is 13. The Morgan fingerprint density at radius 2 is 0.714 bits per heavy atom. The van der Waals surface area contributed by atoms with Gasteiger partial charge in [-0.15, -0.1) is 17.6 Å². The number of carbonyl (C=O) groups excluding carboxylic acids is 4. The van der Waals surface area contributed by atoms with E-state index in [1.54, 1.807) is 88.7 Å². The molecule has 0 unspecified atom stereocenters. The molecule has 0 atom stereocenters. The van der Waals surface area contributed by atoms with Crippen LogP contribution < -0.4 is 14.2 Å². The van der Waals surface area contributed by atoms with E-state index in [-0.39, 0.29) is 36.4 Å². The second kappa shape index (κ2) is 42.9. The summed E-state index contributed by atoms with van der Waals surface area (Å²) in [5.74, 6) is 3.69. The van der Waals surface area contributed by atoms with Gasteiger partial charge in [-0.05, 0) is 147 Å². The van der Waals surface area contributed by atoms with Crippen LogP contribution in [0.4, 0.5) is 57.1 Å². The third kappa shape index (κ3) is 34.1. The fourth-order valence-electron chi connectivity index (χ4n) is 5.95. The Morgan fingerprint density at radius 3 is 0.922 bits per heavy atom. The molecule has 0 aliphatic carbocycles. The number of hydrogen-bond acceptors (Lipinski definition) is 8. The van der Waals surface area contributed by atoms with Crippen molar-refractivity contribution in [1.29, 1.82) is 0 Å². The van der Waals surface area contributed by atoms with E-state index >= 15 is 0 Å². The van der Waals surface area contributed by atoms with Crippen LogP contribution in [0, 0.1) is 13.8 Å². The van der Waals surface area contributed by atoms with Crippen molar-refractivity contribution in [3.63, 3.8) is 0 Å². The van der Waals surface area contributed by atoms with Gasteiger partial charge >= 0.3 is 6.43 Å². The molecule has 426 valence electrons. The van der Waals surface area contributed by atoms with Crippen molar-refractivity contribution in [3.05, 3.63) is 166 Å². The van der Waals surface area contributed by atoms with E-state index in [1.807, 2.05) is 36.4 Å². The van der Waals surface area contributed by atoms with Crippen LogP contribution in [0.2, 0.25) is 0 Å². The molecule has 8 nitrogen and oxygen atoms in total. The Balaban J connectivity index is -0.000000896. The Kier molecular flexibility index (Phi) is 41.2. The molecule has 6 aromatic carbocycles. The van der Waals surface area contributed by atoms with Gasteiger partial charge in [0.15, 0.2) is 23.1 Å². The Morgan fingerprint density at radius 1 is 0.442 bits per heavy atom. The van der Waals surface area contributed by atoms with Crippen LogP contribution in [0.25, 0.3) is 10.8 Å². The quantitative estimate of drug-likeness (QED) is 0.0881. The first-order valence-electron chi connectivity index (χ1n) is 22.3. The summed E-state index contributed by atoms with van der Waals surface area (Å²) in [7, 11) is 4.89. The Bertz CT molecular complexity index is 2400. The lowest BCUT2D eigenvalue weighted by molar-refractivity contribution is -0.237. The van der Waals surface area contributed by atoms with Gasteiger partial charge in [-0.1, -0.05) is 55.5 Å². The summed E-state index contributed by atoms with van der Waals surface area (Å²) in [5, 5.41) is 1.97. The minimum Gasteiger partial charge on any atom is -0.496 e. The van der Waals surface area contributed by atoms with Crippen LogP contribution in [0.3, 0.4) is 0 Å². The first-order valence-corrected chi connectivity index (χ1v) is 22.3. The lowest BCUT2D eigenvalue weighted by Crippen LogP contribution is -1.99. The number of ether oxygens (including phenoxy) is 4. The molecule has 0 saturated heterocycles. The third-order valence-electron chi connectivity index (χ3n) is 9.53. The van der Waals surface area contributed by atoms with Gasteiger partial charge < -0.3 is 18.9 Å². The summed E-state index contributed by atoms with van der Waals surface area (Å²) in [4.78, 5) is 44.7. The summed E-state index contributed by atoms with van der Waals surface area (Å²) in [6.07, 6.45) is -5.50. The van der Waals surface area contributed by atoms with Crippen LogP contribution in [0.5, 0.6) is 23.0 Å². The van der Waals surface area contributed by atoms with Gasteiger partial charge in [-0.3, -0.25) is 19.2 Å². The maximum absolute atomic E-state index is 11.2. The molecule has 0 aliphatic heterocycles. The number of ketones is 4. The van der Waals surface area contributed by atoms with Gasteiger partial charge in [-0.2, -0.15) is 0 Å². The minimum absolute atomic E-state index is 0.0253. The molecular weight excluding hydrogens is 1050 g/mol. The smallest absolute Gasteiger partial charge is 0.496 e. The van der Waals surface area contributed by atoms with E-state index in [1.165, 1.54) is 43.2 Å². The van der Waals surface area contributed by atoms with E-state index in [2.05, 4.69) is 49.8 Å². The number of Topliss-reactive ketones (excluding diaryl/α,β-unsaturated/α-hetero) is 4. The van der Waals surface area contributed by atoms with Crippen molar-refractivity contribution in [2.45, 2.75) is 60.8 Å². The van der Waals surface area contributed by atoms with Crippen LogP contribution in [0.1, 0.15) is 104 Å². The number of carbonyl (C=O) groups is 4. The molecule has 21 heteroatoms. The largest absolute Gasteiger partial charge is 0.559 e. The van der Waals surface area contributed by atoms with E-state index in [0.29, 0.717) is 39.7 Å². The zero-order valence-corrected chi connectivity index (χ0v) is 44.0. The molecular formula is C56H63F13O8. The number of methoxy groups -OCH3 is 3. The van der Waals surface area contributed by atoms with Crippen molar-refractivity contribution >= 4 is 33.9 Å². The average Bonchev–Trinajstić information content (AvgIpc) is 3.37. The maximum Gasteiger partial charge on any atom is 0.559 e. The van der Waals surface area contributed by atoms with E-state index in [0.717, 1.165) is 22.3 Å². The van der Waals surface area contributed by atoms with Crippen molar-refractivity contribution in [3.8, 4) is 23.0 Å². The van der Waals surface area contributed by atoms with Crippen LogP contribution in [-0.2, 0) is 4.74 Å². The van der Waals surface area contributed by atoms with Crippen LogP contribution in [0.15, 0.2) is 121 Å². The molecule has 0 radical (unpaired) electrons. The molecule has 0 amide bonds. The SMILES string of the molecule is CC(=O)c1ccc(Oc2ccc(C(C)=O)cc2)cc1.CC(=O)c1ccc2cc(C(C)=O)ccc2c1.COCCF.COc1ccc(C(C)c2ccc(OC)c(C)c2)cc1C.FC(F)(F)F.FCF.FCF.FCF.FCF.